The molecule has 1 fully saturated rings. The molecule has 0 spiro atoms. The third-order valence-corrected chi connectivity index (χ3v) is 4.28. The van der Waals surface area contributed by atoms with Crippen molar-refractivity contribution in [3.8, 4) is 0 Å². The van der Waals surface area contributed by atoms with Crippen molar-refractivity contribution in [3.63, 3.8) is 0 Å². The molecule has 0 bridgehead atoms. The summed E-state index contributed by atoms with van der Waals surface area (Å²) in [5, 5.41) is 11.9. The summed E-state index contributed by atoms with van der Waals surface area (Å²) in [6, 6.07) is -0.222. The maximum atomic E-state index is 12.2. The smallest absolute Gasteiger partial charge is 0.241 e. The van der Waals surface area contributed by atoms with Gasteiger partial charge in [0.25, 0.3) is 0 Å². The van der Waals surface area contributed by atoms with Gasteiger partial charge in [0.05, 0.1) is 18.8 Å². The molecular weight excluding hydrogens is 232 g/mol. The molecule has 2 unspecified atom stereocenters. The first-order valence-electron chi connectivity index (χ1n) is 6.65. The van der Waals surface area contributed by atoms with E-state index in [-0.39, 0.29) is 30.1 Å². The Balaban J connectivity index is 2.69. The first kappa shape index (κ1) is 15.4. The number of aliphatic hydroxyl groups is 1. The van der Waals surface area contributed by atoms with Crippen molar-refractivity contribution in [3.05, 3.63) is 0 Å². The summed E-state index contributed by atoms with van der Waals surface area (Å²) < 4.78 is 5.59. The van der Waals surface area contributed by atoms with E-state index in [1.165, 1.54) is 0 Å². The highest BCUT2D eigenvalue weighted by Gasteiger charge is 2.62. The Morgan fingerprint density at radius 1 is 1.56 bits per heavy atom. The lowest BCUT2D eigenvalue weighted by Gasteiger charge is -2.57. The fraction of sp³-hybridized carbons (Fsp3) is 0.923. The minimum atomic E-state index is -0.907. The molecule has 0 aromatic heterocycles. The van der Waals surface area contributed by atoms with Crippen molar-refractivity contribution in [2.75, 3.05) is 13.2 Å². The van der Waals surface area contributed by atoms with Gasteiger partial charge in [0.15, 0.2) is 0 Å². The Morgan fingerprint density at radius 3 is 2.56 bits per heavy atom. The van der Waals surface area contributed by atoms with Crippen LogP contribution < -0.4 is 11.1 Å². The minimum Gasteiger partial charge on any atom is -0.394 e. The summed E-state index contributed by atoms with van der Waals surface area (Å²) in [5.74, 6) is -0.190. The van der Waals surface area contributed by atoms with Crippen molar-refractivity contribution >= 4 is 5.91 Å². The first-order chi connectivity index (χ1) is 8.33. The van der Waals surface area contributed by atoms with Crippen LogP contribution in [0, 0.1) is 5.41 Å². The molecule has 0 saturated heterocycles. The van der Waals surface area contributed by atoms with Crippen LogP contribution >= 0.6 is 0 Å². The summed E-state index contributed by atoms with van der Waals surface area (Å²) in [6.07, 6.45) is 1.24. The average Bonchev–Trinajstić information content (AvgIpc) is 2.34. The fourth-order valence-electron chi connectivity index (χ4n) is 2.41. The molecule has 106 valence electrons. The number of hydrogen-bond acceptors (Lipinski definition) is 4. The second kappa shape index (κ2) is 5.55. The third-order valence-electron chi connectivity index (χ3n) is 4.28. The fourth-order valence-corrected chi connectivity index (χ4v) is 2.41. The molecule has 3 atom stereocenters. The Morgan fingerprint density at radius 2 is 2.17 bits per heavy atom. The molecule has 0 aromatic rings. The van der Waals surface area contributed by atoms with Crippen LogP contribution in [-0.4, -0.2) is 41.9 Å². The van der Waals surface area contributed by atoms with Gasteiger partial charge in [-0.15, -0.1) is 0 Å². The normalized spacial score (nSPS) is 31.6. The van der Waals surface area contributed by atoms with E-state index >= 15 is 0 Å². The van der Waals surface area contributed by atoms with Crippen LogP contribution in [0.15, 0.2) is 0 Å². The number of aliphatic hydroxyl groups excluding tert-OH is 1. The van der Waals surface area contributed by atoms with Gasteiger partial charge in [-0.3, -0.25) is 4.79 Å². The Hall–Kier alpha value is -0.650. The number of rotatable bonds is 6. The van der Waals surface area contributed by atoms with Crippen LogP contribution in [0.25, 0.3) is 0 Å². The molecule has 0 radical (unpaired) electrons. The van der Waals surface area contributed by atoms with Crippen LogP contribution in [0.4, 0.5) is 0 Å². The van der Waals surface area contributed by atoms with E-state index in [4.69, 9.17) is 15.6 Å². The Labute approximate surface area is 109 Å². The predicted octanol–water partition coefficient (Wildman–Crippen LogP) is 0.406. The zero-order chi connectivity index (χ0) is 14.0. The van der Waals surface area contributed by atoms with Gasteiger partial charge in [0, 0.05) is 18.4 Å². The number of nitrogens with two attached hydrogens (primary N) is 1. The second-order valence-electron chi connectivity index (χ2n) is 5.60. The van der Waals surface area contributed by atoms with Crippen molar-refractivity contribution in [2.45, 2.75) is 58.2 Å². The Kier molecular flexibility index (Phi) is 4.75. The van der Waals surface area contributed by atoms with E-state index < -0.39 is 5.54 Å². The van der Waals surface area contributed by atoms with Gasteiger partial charge >= 0.3 is 0 Å². The molecule has 5 heteroatoms. The zero-order valence-corrected chi connectivity index (χ0v) is 11.8. The number of ether oxygens (including phenoxy) is 1. The molecule has 1 aliphatic carbocycles. The van der Waals surface area contributed by atoms with E-state index in [2.05, 4.69) is 5.32 Å². The van der Waals surface area contributed by atoms with Gasteiger partial charge in [0.2, 0.25) is 5.91 Å². The van der Waals surface area contributed by atoms with Crippen molar-refractivity contribution < 1.29 is 14.6 Å². The highest BCUT2D eigenvalue weighted by molar-refractivity contribution is 5.89. The molecule has 0 aliphatic heterocycles. The predicted molar refractivity (Wildman–Crippen MR) is 70.0 cm³/mol. The van der Waals surface area contributed by atoms with Crippen molar-refractivity contribution in [2.24, 2.45) is 11.1 Å². The largest absolute Gasteiger partial charge is 0.394 e. The zero-order valence-electron chi connectivity index (χ0n) is 11.8. The lowest BCUT2D eigenvalue weighted by Crippen LogP contribution is -2.76. The van der Waals surface area contributed by atoms with Gasteiger partial charge in [-0.2, -0.15) is 0 Å². The van der Waals surface area contributed by atoms with E-state index in [1.807, 2.05) is 27.7 Å². The number of amides is 1. The number of hydrogen-bond donors (Lipinski definition) is 3. The SMILES string of the molecule is CCOC1CC(N)(C(=O)N[C@H](CC)CO)C1(C)C. The first-order valence-corrected chi connectivity index (χ1v) is 6.65. The van der Waals surface area contributed by atoms with Crippen molar-refractivity contribution in [1.82, 2.24) is 5.32 Å². The van der Waals surface area contributed by atoms with E-state index in [9.17, 15) is 4.79 Å². The van der Waals surface area contributed by atoms with Crippen LogP contribution in [0.5, 0.6) is 0 Å². The number of carbonyl (C=O) groups is 1. The van der Waals surface area contributed by atoms with Gasteiger partial charge in [-0.05, 0) is 13.3 Å². The monoisotopic (exact) mass is 258 g/mol. The molecule has 0 aromatic carbocycles. The Bertz CT molecular complexity index is 303. The average molecular weight is 258 g/mol. The standard InChI is InChI=1S/C13H26N2O3/c1-5-9(8-16)15-11(17)13(14)7-10(18-6-2)12(13,3)4/h9-10,16H,5-8,14H2,1-4H3,(H,15,17)/t9-,10?,13?/m1/s1. The molecule has 18 heavy (non-hydrogen) atoms. The maximum Gasteiger partial charge on any atom is 0.241 e. The van der Waals surface area contributed by atoms with E-state index in [1.54, 1.807) is 0 Å². The summed E-state index contributed by atoms with van der Waals surface area (Å²) in [4.78, 5) is 12.2. The third kappa shape index (κ3) is 2.39. The minimum absolute atomic E-state index is 0.0208. The summed E-state index contributed by atoms with van der Waals surface area (Å²) in [6.45, 7) is 8.32. The number of carbonyl (C=O) groups excluding carboxylic acids is 1. The molecule has 1 amide bonds. The quantitative estimate of drug-likeness (QED) is 0.644. The van der Waals surface area contributed by atoms with Gasteiger partial charge < -0.3 is 20.9 Å². The summed E-state index contributed by atoms with van der Waals surface area (Å²) in [5.41, 5.74) is 4.93. The number of nitrogens with one attached hydrogen (secondary N) is 1. The van der Waals surface area contributed by atoms with Gasteiger partial charge in [-0.1, -0.05) is 20.8 Å². The second-order valence-corrected chi connectivity index (χ2v) is 5.60. The lowest BCUT2D eigenvalue weighted by molar-refractivity contribution is -0.171. The molecular formula is C13H26N2O3. The molecule has 1 rings (SSSR count). The lowest BCUT2D eigenvalue weighted by atomic mass is 9.54. The molecule has 1 saturated carbocycles. The molecule has 0 heterocycles. The molecule has 1 aliphatic rings. The molecule has 5 nitrogen and oxygen atoms in total. The van der Waals surface area contributed by atoms with Gasteiger partial charge in [0.1, 0.15) is 5.54 Å². The van der Waals surface area contributed by atoms with E-state index in [0.29, 0.717) is 19.4 Å². The van der Waals surface area contributed by atoms with Crippen LogP contribution in [0.1, 0.15) is 40.5 Å². The van der Waals surface area contributed by atoms with Crippen LogP contribution in [0.2, 0.25) is 0 Å². The maximum absolute atomic E-state index is 12.2. The molecule has 4 N–H and O–H groups in total. The van der Waals surface area contributed by atoms with E-state index in [0.717, 1.165) is 0 Å². The van der Waals surface area contributed by atoms with Crippen LogP contribution in [0.3, 0.4) is 0 Å². The van der Waals surface area contributed by atoms with Crippen molar-refractivity contribution in [1.29, 1.82) is 0 Å². The highest BCUT2D eigenvalue weighted by Crippen LogP contribution is 2.49. The summed E-state index contributed by atoms with van der Waals surface area (Å²) in [7, 11) is 0. The van der Waals surface area contributed by atoms with Gasteiger partial charge in [-0.25, -0.2) is 0 Å². The summed E-state index contributed by atoms with van der Waals surface area (Å²) >= 11 is 0. The van der Waals surface area contributed by atoms with Crippen LogP contribution in [-0.2, 0) is 9.53 Å². The highest BCUT2D eigenvalue weighted by atomic mass is 16.5. The topological polar surface area (TPSA) is 84.6 Å².